The summed E-state index contributed by atoms with van der Waals surface area (Å²) in [5.41, 5.74) is 3.05. The molecule has 1 amide bonds. The summed E-state index contributed by atoms with van der Waals surface area (Å²) in [5, 5.41) is 1.10. The predicted octanol–water partition coefficient (Wildman–Crippen LogP) is 6.48. The fourth-order valence-corrected chi connectivity index (χ4v) is 5.61. The number of hydrogen-bond acceptors (Lipinski definition) is 2. The summed E-state index contributed by atoms with van der Waals surface area (Å²) in [6, 6.07) is 15.1. The molecule has 2 saturated heterocycles. The Kier molecular flexibility index (Phi) is 7.86. The zero-order valence-corrected chi connectivity index (χ0v) is 21.2. The van der Waals surface area contributed by atoms with Crippen LogP contribution in [0.3, 0.4) is 0 Å². The van der Waals surface area contributed by atoms with Crippen molar-refractivity contribution in [1.29, 1.82) is 0 Å². The van der Waals surface area contributed by atoms with E-state index in [4.69, 9.17) is 0 Å². The maximum atomic E-state index is 13.4. The molecular weight excluding hydrogens is 449 g/mol. The molecule has 3 aromatic rings. The number of likely N-dealkylation sites (tertiary alicyclic amines) is 2. The number of halogens is 1. The molecule has 2 aliphatic heterocycles. The van der Waals surface area contributed by atoms with Crippen molar-refractivity contribution in [3.05, 3.63) is 84.3 Å². The molecule has 3 aliphatic rings. The van der Waals surface area contributed by atoms with Gasteiger partial charge in [-0.3, -0.25) is 4.79 Å². The van der Waals surface area contributed by atoms with Crippen LogP contribution in [0.15, 0.2) is 67.4 Å². The maximum absolute atomic E-state index is 13.4. The number of nitrogens with zero attached hydrogens (tertiary/aromatic N) is 3. The number of aromatic nitrogens is 1. The van der Waals surface area contributed by atoms with Crippen molar-refractivity contribution >= 4 is 16.8 Å². The van der Waals surface area contributed by atoms with E-state index in [2.05, 4.69) is 28.2 Å². The van der Waals surface area contributed by atoms with Gasteiger partial charge < -0.3 is 14.4 Å². The Morgan fingerprint density at radius 2 is 1.72 bits per heavy atom. The zero-order chi connectivity index (χ0) is 24.9. The molecule has 0 bridgehead atoms. The number of carbonyl (C=O) groups excluding carboxylic acids is 1. The number of rotatable bonds is 6. The van der Waals surface area contributed by atoms with E-state index in [0.717, 1.165) is 68.5 Å². The molecular formula is C31H38FN3O. The molecule has 6 rings (SSSR count). The summed E-state index contributed by atoms with van der Waals surface area (Å²) >= 11 is 0. The van der Waals surface area contributed by atoms with Crippen LogP contribution in [-0.2, 0) is 6.54 Å². The van der Waals surface area contributed by atoms with Gasteiger partial charge >= 0.3 is 0 Å². The van der Waals surface area contributed by atoms with Crippen molar-refractivity contribution in [2.45, 2.75) is 51.0 Å². The highest BCUT2D eigenvalue weighted by Gasteiger charge is 2.30. The van der Waals surface area contributed by atoms with Crippen LogP contribution in [0.1, 0.15) is 60.4 Å². The minimum absolute atomic E-state index is 0.141. The predicted molar refractivity (Wildman–Crippen MR) is 145 cm³/mol. The van der Waals surface area contributed by atoms with E-state index in [1.54, 1.807) is 12.1 Å². The van der Waals surface area contributed by atoms with E-state index in [1.165, 1.54) is 24.8 Å². The van der Waals surface area contributed by atoms with E-state index >= 15 is 0 Å². The second kappa shape index (κ2) is 11.4. The van der Waals surface area contributed by atoms with Crippen molar-refractivity contribution in [1.82, 2.24) is 14.4 Å². The van der Waals surface area contributed by atoms with Crippen LogP contribution in [0.5, 0.6) is 0 Å². The van der Waals surface area contributed by atoms with E-state index in [1.807, 2.05) is 41.4 Å². The summed E-state index contributed by atoms with van der Waals surface area (Å²) in [6.45, 7) is 9.40. The molecule has 1 atom stereocenters. The van der Waals surface area contributed by atoms with Gasteiger partial charge in [0.15, 0.2) is 0 Å². The Balaban J connectivity index is 0.000000828. The average molecular weight is 488 g/mol. The van der Waals surface area contributed by atoms with Crippen molar-refractivity contribution < 1.29 is 9.18 Å². The van der Waals surface area contributed by atoms with Crippen LogP contribution in [0, 0.1) is 11.7 Å². The number of para-hydroxylation sites is 1. The summed E-state index contributed by atoms with van der Waals surface area (Å²) in [5.74, 6) is 1.02. The zero-order valence-electron chi connectivity index (χ0n) is 21.2. The molecule has 1 aliphatic carbocycles. The van der Waals surface area contributed by atoms with Gasteiger partial charge in [0, 0.05) is 37.8 Å². The highest BCUT2D eigenvalue weighted by molar-refractivity contribution is 6.06. The highest BCUT2D eigenvalue weighted by Crippen LogP contribution is 2.30. The summed E-state index contributed by atoms with van der Waals surface area (Å²) < 4.78 is 15.3. The molecule has 4 nitrogen and oxygen atoms in total. The number of amides is 1. The molecule has 3 heterocycles. The molecule has 0 radical (unpaired) electrons. The molecule has 190 valence electrons. The van der Waals surface area contributed by atoms with Gasteiger partial charge in [-0.1, -0.05) is 49.6 Å². The largest absolute Gasteiger partial charge is 0.343 e. The molecule has 0 N–H and O–H groups in total. The number of fused-ring (bicyclic) bond motifs is 1. The lowest BCUT2D eigenvalue weighted by molar-refractivity contribution is 0.0783. The lowest BCUT2D eigenvalue weighted by Crippen LogP contribution is -2.37. The van der Waals surface area contributed by atoms with Crippen LogP contribution in [0.25, 0.3) is 10.9 Å². The van der Waals surface area contributed by atoms with Gasteiger partial charge in [0.2, 0.25) is 0 Å². The summed E-state index contributed by atoms with van der Waals surface area (Å²) in [6.07, 6.45) is 11.7. The third-order valence-electron chi connectivity index (χ3n) is 7.72. The molecule has 0 unspecified atom stereocenters. The van der Waals surface area contributed by atoms with Gasteiger partial charge in [0.25, 0.3) is 5.91 Å². The summed E-state index contributed by atoms with van der Waals surface area (Å²) in [4.78, 5) is 18.0. The molecule has 3 fully saturated rings. The lowest BCUT2D eigenvalue weighted by atomic mass is 9.89. The number of piperidine rings is 1. The fraction of sp³-hybridized carbons (Fsp3) is 0.452. The molecule has 1 saturated carbocycles. The van der Waals surface area contributed by atoms with Gasteiger partial charge in [-0.2, -0.15) is 0 Å². The number of allylic oxidation sites excluding steroid dienone is 1. The minimum Gasteiger partial charge on any atom is -0.343 e. The standard InChI is InChI=1S/C28H32FN3O.C3H6/c1-2-14-31-18-13-24-4-3-5-26(27(24)31)28(33)32-17-10-21(20-32)19-30-15-11-23(12-16-30)22-6-8-25(29)9-7-22;1-2-3-1/h2-9,13,18,21,23H,1,10-12,14-17,19-20H2;1-3H2/t21-;/m1./s1. The van der Waals surface area contributed by atoms with Crippen molar-refractivity contribution in [2.75, 3.05) is 32.7 Å². The van der Waals surface area contributed by atoms with Gasteiger partial charge in [-0.25, -0.2) is 4.39 Å². The van der Waals surface area contributed by atoms with Crippen LogP contribution in [0.4, 0.5) is 4.39 Å². The Hall–Kier alpha value is -2.92. The van der Waals surface area contributed by atoms with Gasteiger partial charge in [-0.15, -0.1) is 6.58 Å². The molecule has 1 aromatic heterocycles. The normalized spacial score (nSPS) is 20.2. The summed E-state index contributed by atoms with van der Waals surface area (Å²) in [7, 11) is 0. The molecule has 5 heteroatoms. The Morgan fingerprint density at radius 1 is 0.972 bits per heavy atom. The van der Waals surface area contributed by atoms with E-state index in [9.17, 15) is 9.18 Å². The third-order valence-corrected chi connectivity index (χ3v) is 7.72. The van der Waals surface area contributed by atoms with Crippen LogP contribution in [-0.4, -0.2) is 53.0 Å². The molecule has 0 spiro atoms. The van der Waals surface area contributed by atoms with E-state index < -0.39 is 0 Å². The Labute approximate surface area is 214 Å². The van der Waals surface area contributed by atoms with Gasteiger partial charge in [0.1, 0.15) is 5.82 Å². The van der Waals surface area contributed by atoms with Crippen molar-refractivity contribution in [3.63, 3.8) is 0 Å². The second-order valence-electron chi connectivity index (χ2n) is 10.6. The van der Waals surface area contributed by atoms with E-state index in [-0.39, 0.29) is 11.7 Å². The fourth-order valence-electron chi connectivity index (χ4n) is 5.61. The number of hydrogen-bond donors (Lipinski definition) is 0. The van der Waals surface area contributed by atoms with Crippen LogP contribution >= 0.6 is 0 Å². The highest BCUT2D eigenvalue weighted by atomic mass is 19.1. The quantitative estimate of drug-likeness (QED) is 0.372. The maximum Gasteiger partial charge on any atom is 0.256 e. The SMILES string of the molecule is C1CC1.C=CCn1ccc2cccc(C(=O)N3CC[C@H](CN4CCC(c5ccc(F)cc5)CC4)C3)c21. The smallest absolute Gasteiger partial charge is 0.256 e. The van der Waals surface area contributed by atoms with E-state index in [0.29, 0.717) is 18.4 Å². The van der Waals surface area contributed by atoms with Crippen molar-refractivity contribution in [3.8, 4) is 0 Å². The van der Waals surface area contributed by atoms with Crippen LogP contribution in [0.2, 0.25) is 0 Å². The first-order valence-electron chi connectivity index (χ1n) is 13.6. The average Bonchev–Trinajstić information content (AvgIpc) is 3.63. The molecule has 2 aromatic carbocycles. The molecule has 36 heavy (non-hydrogen) atoms. The first-order chi connectivity index (χ1) is 17.6. The minimum atomic E-state index is -0.165. The second-order valence-corrected chi connectivity index (χ2v) is 10.6. The van der Waals surface area contributed by atoms with Crippen LogP contribution < -0.4 is 0 Å². The van der Waals surface area contributed by atoms with Crippen molar-refractivity contribution in [2.24, 2.45) is 5.92 Å². The Bertz CT molecular complexity index is 1170. The van der Waals surface area contributed by atoms with Gasteiger partial charge in [0.05, 0.1) is 11.1 Å². The van der Waals surface area contributed by atoms with Gasteiger partial charge in [-0.05, 0) is 74.0 Å². The first kappa shape index (κ1) is 24.8. The topological polar surface area (TPSA) is 28.5 Å². The lowest BCUT2D eigenvalue weighted by Gasteiger charge is -2.33. The third kappa shape index (κ3) is 5.89. The first-order valence-corrected chi connectivity index (χ1v) is 13.6. The monoisotopic (exact) mass is 487 g/mol. The Morgan fingerprint density at radius 3 is 2.42 bits per heavy atom. The number of carbonyl (C=O) groups is 1. The number of benzene rings is 2.